The molecule has 3 aromatic rings. The van der Waals surface area contributed by atoms with Crippen molar-refractivity contribution in [1.82, 2.24) is 4.57 Å². The molecule has 7 nitrogen and oxygen atoms in total. The fourth-order valence-electron chi connectivity index (χ4n) is 2.85. The second-order valence-electron chi connectivity index (χ2n) is 6.19. The van der Waals surface area contributed by atoms with Crippen LogP contribution in [0.25, 0.3) is 10.9 Å². The van der Waals surface area contributed by atoms with Gasteiger partial charge in [-0.1, -0.05) is 11.6 Å². The smallest absolute Gasteiger partial charge is 0.323 e. The van der Waals surface area contributed by atoms with Crippen molar-refractivity contribution in [3.05, 3.63) is 53.2 Å². The predicted octanol–water partition coefficient (Wildman–Crippen LogP) is 4.24. The number of carbonyl (C=O) groups is 1. The molecule has 9 heteroatoms. The molecule has 2 aromatic carbocycles. The summed E-state index contributed by atoms with van der Waals surface area (Å²) >= 11 is 5.91. The van der Waals surface area contributed by atoms with Crippen LogP contribution in [0.1, 0.15) is 12.6 Å². The van der Waals surface area contributed by atoms with Crippen LogP contribution in [-0.2, 0) is 21.4 Å². The topological polar surface area (TPSA) is 97.6 Å². The largest absolute Gasteiger partial charge is 0.480 e. The van der Waals surface area contributed by atoms with E-state index in [4.69, 9.17) is 16.3 Å². The summed E-state index contributed by atoms with van der Waals surface area (Å²) in [5.41, 5.74) is 1.62. The number of nitrogens with one attached hydrogen (secondary N) is 1. The van der Waals surface area contributed by atoms with Gasteiger partial charge in [-0.2, -0.15) is 0 Å². The van der Waals surface area contributed by atoms with Gasteiger partial charge in [0.1, 0.15) is 12.3 Å². The van der Waals surface area contributed by atoms with Crippen molar-refractivity contribution in [3.63, 3.8) is 0 Å². The van der Waals surface area contributed by atoms with Crippen LogP contribution in [0.2, 0.25) is 5.02 Å². The molecule has 0 unspecified atom stereocenters. The van der Waals surface area contributed by atoms with Gasteiger partial charge in [-0.05, 0) is 56.3 Å². The first kappa shape index (κ1) is 20.0. The molecule has 0 saturated carbocycles. The summed E-state index contributed by atoms with van der Waals surface area (Å²) in [5.74, 6) is -0.0653. The van der Waals surface area contributed by atoms with Crippen LogP contribution < -0.4 is 9.46 Å². The van der Waals surface area contributed by atoms with Crippen LogP contribution in [0.15, 0.2) is 42.5 Å². The van der Waals surface area contributed by atoms with Crippen LogP contribution >= 0.6 is 11.6 Å². The molecule has 0 aliphatic rings. The number of halogens is 1. The van der Waals surface area contributed by atoms with E-state index in [1.807, 2.05) is 0 Å². The maximum atomic E-state index is 11.9. The first-order chi connectivity index (χ1) is 13.2. The highest BCUT2D eigenvalue weighted by molar-refractivity contribution is 7.92. The lowest BCUT2D eigenvalue weighted by atomic mass is 10.2. The second-order valence-corrected chi connectivity index (χ2v) is 8.64. The molecule has 0 saturated heterocycles. The third-order valence-electron chi connectivity index (χ3n) is 4.25. The number of hydrogen-bond acceptors (Lipinski definition) is 4. The van der Waals surface area contributed by atoms with Gasteiger partial charge in [0.15, 0.2) is 5.75 Å². The number of aliphatic carboxylic acids is 1. The van der Waals surface area contributed by atoms with Gasteiger partial charge in [0.2, 0.25) is 10.0 Å². The molecule has 0 aliphatic carbocycles. The minimum atomic E-state index is -3.45. The van der Waals surface area contributed by atoms with Gasteiger partial charge in [-0.3, -0.25) is 9.52 Å². The molecule has 0 aliphatic heterocycles. The van der Waals surface area contributed by atoms with Crippen LogP contribution in [0.3, 0.4) is 0 Å². The maximum absolute atomic E-state index is 11.9. The monoisotopic (exact) mass is 422 g/mol. The molecule has 148 valence electrons. The number of carboxylic acids is 1. The highest BCUT2D eigenvalue weighted by Gasteiger charge is 2.19. The van der Waals surface area contributed by atoms with Gasteiger partial charge in [0, 0.05) is 16.1 Å². The van der Waals surface area contributed by atoms with E-state index < -0.39 is 16.0 Å². The van der Waals surface area contributed by atoms with Crippen LogP contribution in [0.4, 0.5) is 5.69 Å². The van der Waals surface area contributed by atoms with E-state index in [-0.39, 0.29) is 12.3 Å². The molecular formula is C19H19ClN2O5S. The van der Waals surface area contributed by atoms with Gasteiger partial charge in [-0.25, -0.2) is 8.42 Å². The van der Waals surface area contributed by atoms with Crippen molar-refractivity contribution in [2.45, 2.75) is 20.4 Å². The number of sulfonamides is 1. The van der Waals surface area contributed by atoms with Gasteiger partial charge in [-0.15, -0.1) is 0 Å². The van der Waals surface area contributed by atoms with Gasteiger partial charge in [0.05, 0.1) is 17.0 Å². The normalized spacial score (nSPS) is 11.5. The van der Waals surface area contributed by atoms with Gasteiger partial charge in [0.25, 0.3) is 0 Å². The Bertz CT molecular complexity index is 1140. The Balaban J connectivity index is 2.13. The molecule has 1 aromatic heterocycles. The van der Waals surface area contributed by atoms with Crippen molar-refractivity contribution in [2.24, 2.45) is 0 Å². The number of carboxylic acid groups (broad SMARTS) is 1. The lowest BCUT2D eigenvalue weighted by Crippen LogP contribution is -2.14. The zero-order chi connectivity index (χ0) is 20.5. The van der Waals surface area contributed by atoms with E-state index in [2.05, 4.69) is 4.72 Å². The van der Waals surface area contributed by atoms with E-state index in [1.54, 1.807) is 60.9 Å². The fraction of sp³-hybridized carbons (Fsp3) is 0.211. The molecule has 0 bridgehead atoms. The van der Waals surface area contributed by atoms with Crippen LogP contribution in [0.5, 0.6) is 11.5 Å². The van der Waals surface area contributed by atoms with Crippen molar-refractivity contribution >= 4 is 44.2 Å². The zero-order valence-corrected chi connectivity index (χ0v) is 16.8. The molecule has 0 amide bonds. The van der Waals surface area contributed by atoms with E-state index in [0.29, 0.717) is 38.8 Å². The Morgan fingerprint density at radius 2 is 1.89 bits per heavy atom. The molecule has 3 rings (SSSR count). The predicted molar refractivity (Wildman–Crippen MR) is 109 cm³/mol. The summed E-state index contributed by atoms with van der Waals surface area (Å²) in [5, 5.41) is 10.4. The summed E-state index contributed by atoms with van der Waals surface area (Å²) in [6.45, 7) is 3.06. The lowest BCUT2D eigenvalue weighted by Gasteiger charge is -2.08. The Morgan fingerprint density at radius 1 is 1.21 bits per heavy atom. The Kier molecular flexibility index (Phi) is 5.53. The third kappa shape index (κ3) is 4.23. The summed E-state index contributed by atoms with van der Waals surface area (Å²) in [7, 11) is -3.45. The molecule has 0 fully saturated rings. The average molecular weight is 423 g/mol. The molecule has 28 heavy (non-hydrogen) atoms. The number of aromatic nitrogens is 1. The highest BCUT2D eigenvalue weighted by Crippen LogP contribution is 2.38. The second kappa shape index (κ2) is 7.73. The summed E-state index contributed by atoms with van der Waals surface area (Å²) in [6.07, 6.45) is 0. The molecular weight excluding hydrogens is 404 g/mol. The first-order valence-electron chi connectivity index (χ1n) is 8.48. The minimum Gasteiger partial charge on any atom is -0.480 e. The molecule has 1 heterocycles. The van der Waals surface area contributed by atoms with Crippen LogP contribution in [0, 0.1) is 6.92 Å². The number of rotatable bonds is 7. The molecule has 0 spiro atoms. The average Bonchev–Trinajstić information content (AvgIpc) is 2.88. The molecule has 0 atom stereocenters. The first-order valence-corrected chi connectivity index (χ1v) is 10.5. The summed E-state index contributed by atoms with van der Waals surface area (Å²) < 4.78 is 33.9. The third-order valence-corrected chi connectivity index (χ3v) is 5.80. The van der Waals surface area contributed by atoms with Crippen molar-refractivity contribution in [1.29, 1.82) is 0 Å². The summed E-state index contributed by atoms with van der Waals surface area (Å²) in [4.78, 5) is 11.3. The number of ether oxygens (including phenoxy) is 1. The fourth-order valence-corrected chi connectivity index (χ4v) is 3.61. The van der Waals surface area contributed by atoms with Crippen LogP contribution in [-0.4, -0.2) is 29.8 Å². The van der Waals surface area contributed by atoms with Crippen molar-refractivity contribution < 1.29 is 23.1 Å². The van der Waals surface area contributed by atoms with Crippen molar-refractivity contribution in [2.75, 3.05) is 10.5 Å². The molecule has 0 radical (unpaired) electrons. The Morgan fingerprint density at radius 3 is 2.50 bits per heavy atom. The van der Waals surface area contributed by atoms with Crippen molar-refractivity contribution in [3.8, 4) is 11.5 Å². The van der Waals surface area contributed by atoms with Gasteiger partial charge >= 0.3 is 5.97 Å². The highest BCUT2D eigenvalue weighted by atomic mass is 35.5. The number of anilines is 1. The van der Waals surface area contributed by atoms with E-state index in [9.17, 15) is 18.3 Å². The number of hydrogen-bond donors (Lipinski definition) is 2. The zero-order valence-electron chi connectivity index (χ0n) is 15.3. The molecule has 2 N–H and O–H groups in total. The SMILES string of the molecule is CCS(=O)(=O)Nc1ccc2c(c1)c(Oc1ccc(Cl)cc1)c(C)n2CC(=O)O. The van der Waals surface area contributed by atoms with E-state index >= 15 is 0 Å². The number of benzene rings is 2. The minimum absolute atomic E-state index is 0.0573. The number of nitrogens with zero attached hydrogens (tertiary/aromatic N) is 1. The Hall–Kier alpha value is -2.71. The van der Waals surface area contributed by atoms with Gasteiger partial charge < -0.3 is 14.4 Å². The van der Waals surface area contributed by atoms with E-state index in [0.717, 1.165) is 0 Å². The Labute approximate surface area is 167 Å². The quantitative estimate of drug-likeness (QED) is 0.593. The lowest BCUT2D eigenvalue weighted by molar-refractivity contribution is -0.137. The van der Waals surface area contributed by atoms with E-state index in [1.165, 1.54) is 0 Å². The maximum Gasteiger partial charge on any atom is 0.323 e. The standard InChI is InChI=1S/C19H19ClN2O5S/c1-3-28(25,26)21-14-6-9-17-16(10-14)19(12(2)22(17)11-18(23)24)27-15-7-4-13(20)5-8-15/h4-10,21H,3,11H2,1-2H3,(H,23,24). The number of fused-ring (bicyclic) bond motifs is 1. The summed E-state index contributed by atoms with van der Waals surface area (Å²) in [6, 6.07) is 11.7.